The van der Waals surface area contributed by atoms with E-state index in [0.29, 0.717) is 38.3 Å². The van der Waals surface area contributed by atoms with Crippen molar-refractivity contribution in [2.24, 2.45) is 0 Å². The van der Waals surface area contributed by atoms with E-state index in [0.717, 1.165) is 16.7 Å². The minimum absolute atomic E-state index is 0.217. The van der Waals surface area contributed by atoms with Gasteiger partial charge in [0, 0.05) is 16.0 Å². The molecule has 0 saturated heterocycles. The molecule has 4 aromatic rings. The number of aromatic nitrogens is 2. The second-order valence-electron chi connectivity index (χ2n) is 7.42. The molecule has 0 fully saturated rings. The van der Waals surface area contributed by atoms with Crippen molar-refractivity contribution in [3.05, 3.63) is 68.8 Å². The Bertz CT molecular complexity index is 1370. The Balaban J connectivity index is 1.59. The van der Waals surface area contributed by atoms with E-state index in [1.807, 2.05) is 43.5 Å². The van der Waals surface area contributed by atoms with Crippen molar-refractivity contribution >= 4 is 56.5 Å². The van der Waals surface area contributed by atoms with Gasteiger partial charge in [-0.15, -0.1) is 11.3 Å². The van der Waals surface area contributed by atoms with Crippen molar-refractivity contribution in [3.63, 3.8) is 0 Å². The summed E-state index contributed by atoms with van der Waals surface area (Å²) in [4.78, 5) is 34.0. The van der Waals surface area contributed by atoms with Gasteiger partial charge in [0.25, 0.3) is 5.56 Å². The van der Waals surface area contributed by atoms with Crippen LogP contribution in [-0.2, 0) is 4.79 Å². The molecule has 6 nitrogen and oxygen atoms in total. The number of hydrogen-bond donors (Lipinski definition) is 2. The maximum Gasteiger partial charge on any atom is 0.260 e. The van der Waals surface area contributed by atoms with Gasteiger partial charge < -0.3 is 15.0 Å². The molecule has 0 saturated carbocycles. The number of rotatable bonds is 7. The third-order valence-corrected chi connectivity index (χ3v) is 7.48. The maximum absolute atomic E-state index is 12.9. The molecule has 2 N–H and O–H groups in total. The number of anilines is 1. The number of amides is 1. The molecule has 0 radical (unpaired) electrons. The van der Waals surface area contributed by atoms with E-state index < -0.39 is 5.25 Å². The van der Waals surface area contributed by atoms with Crippen molar-refractivity contribution in [1.29, 1.82) is 0 Å². The molecule has 2 aromatic heterocycles. The number of methoxy groups -OCH3 is 1. The fraction of sp³-hybridized carbons (Fsp3) is 0.208. The maximum atomic E-state index is 12.9. The number of nitrogens with zero attached hydrogens (tertiary/aromatic N) is 1. The van der Waals surface area contributed by atoms with E-state index in [1.54, 1.807) is 18.2 Å². The van der Waals surface area contributed by atoms with Crippen molar-refractivity contribution in [1.82, 2.24) is 9.97 Å². The Morgan fingerprint density at radius 1 is 1.27 bits per heavy atom. The monoisotopic (exact) mass is 499 g/mol. The fourth-order valence-corrected chi connectivity index (χ4v) is 5.45. The quantitative estimate of drug-likeness (QED) is 0.236. The molecule has 0 bridgehead atoms. The molecule has 4 rings (SSSR count). The Kier molecular flexibility index (Phi) is 7.07. The number of ether oxygens (including phenoxy) is 1. The van der Waals surface area contributed by atoms with Gasteiger partial charge in [0.1, 0.15) is 10.6 Å². The van der Waals surface area contributed by atoms with Crippen molar-refractivity contribution < 1.29 is 9.53 Å². The first kappa shape index (κ1) is 23.4. The predicted molar refractivity (Wildman–Crippen MR) is 137 cm³/mol. The zero-order valence-electron chi connectivity index (χ0n) is 18.3. The molecule has 2 aromatic carbocycles. The van der Waals surface area contributed by atoms with Gasteiger partial charge in [-0.05, 0) is 37.1 Å². The van der Waals surface area contributed by atoms with Crippen LogP contribution in [0.3, 0.4) is 0 Å². The number of carbonyl (C=O) groups excluding carboxylic acids is 1. The molecule has 1 amide bonds. The lowest BCUT2D eigenvalue weighted by Crippen LogP contribution is -2.25. The molecular weight excluding hydrogens is 478 g/mol. The number of H-pyrrole nitrogens is 1. The van der Waals surface area contributed by atoms with Gasteiger partial charge in [-0.25, -0.2) is 4.98 Å². The number of hydrogen-bond acceptors (Lipinski definition) is 6. The van der Waals surface area contributed by atoms with Crippen LogP contribution < -0.4 is 15.6 Å². The van der Waals surface area contributed by atoms with E-state index in [4.69, 9.17) is 16.3 Å². The summed E-state index contributed by atoms with van der Waals surface area (Å²) in [7, 11) is 1.53. The van der Waals surface area contributed by atoms with Crippen LogP contribution in [-0.4, -0.2) is 28.2 Å². The number of thiophene rings is 1. The summed E-state index contributed by atoms with van der Waals surface area (Å²) in [5.41, 5.74) is 3.26. The zero-order chi connectivity index (χ0) is 23.5. The van der Waals surface area contributed by atoms with Crippen LogP contribution in [0.25, 0.3) is 21.3 Å². The number of fused-ring (bicyclic) bond motifs is 1. The number of benzene rings is 2. The largest absolute Gasteiger partial charge is 0.495 e. The second-order valence-corrected chi connectivity index (χ2v) is 9.90. The normalized spacial score (nSPS) is 12.0. The lowest BCUT2D eigenvalue weighted by molar-refractivity contribution is -0.115. The van der Waals surface area contributed by atoms with Crippen LogP contribution in [0, 0.1) is 6.92 Å². The molecule has 0 aliphatic rings. The molecule has 9 heteroatoms. The molecule has 2 heterocycles. The van der Waals surface area contributed by atoms with Gasteiger partial charge in [-0.1, -0.05) is 60.1 Å². The summed E-state index contributed by atoms with van der Waals surface area (Å²) in [6.45, 7) is 3.93. The van der Waals surface area contributed by atoms with Gasteiger partial charge in [-0.2, -0.15) is 0 Å². The summed E-state index contributed by atoms with van der Waals surface area (Å²) in [6, 6.07) is 13.1. The van der Waals surface area contributed by atoms with Crippen LogP contribution >= 0.6 is 34.7 Å². The second kappa shape index (κ2) is 9.99. The average Bonchev–Trinajstić information content (AvgIpc) is 3.22. The highest BCUT2D eigenvalue weighted by Crippen LogP contribution is 2.33. The predicted octanol–water partition coefficient (Wildman–Crippen LogP) is 6.13. The summed E-state index contributed by atoms with van der Waals surface area (Å²) >= 11 is 8.71. The highest BCUT2D eigenvalue weighted by atomic mass is 35.5. The number of aromatic amines is 1. The Labute approximate surface area is 204 Å². The van der Waals surface area contributed by atoms with Crippen molar-refractivity contribution in [2.75, 3.05) is 12.4 Å². The molecule has 0 spiro atoms. The smallest absolute Gasteiger partial charge is 0.260 e. The summed E-state index contributed by atoms with van der Waals surface area (Å²) < 4.78 is 5.30. The van der Waals surface area contributed by atoms with Crippen LogP contribution in [0.1, 0.15) is 18.9 Å². The lowest BCUT2D eigenvalue weighted by atomic mass is 10.1. The summed E-state index contributed by atoms with van der Waals surface area (Å²) in [5, 5.41) is 5.81. The first-order valence-electron chi connectivity index (χ1n) is 10.3. The summed E-state index contributed by atoms with van der Waals surface area (Å²) in [6.07, 6.45) is 0.542. The standard InChI is InChI=1S/C24H22ClN3O3S2/c1-4-19(21(29)26-17-11-15(25)9-10-18(17)31-3)33-24-27-22(30)20-16(12-32-23(20)28-24)14-7-5-13(2)6-8-14/h5-12,19H,4H2,1-3H3,(H,26,29)(H,27,28,30). The molecule has 0 aliphatic heterocycles. The number of nitrogens with one attached hydrogen (secondary N) is 2. The Morgan fingerprint density at radius 2 is 2.03 bits per heavy atom. The molecule has 1 unspecified atom stereocenters. The number of carbonyl (C=O) groups is 1. The fourth-order valence-electron chi connectivity index (χ4n) is 3.38. The molecular formula is C24H22ClN3O3S2. The van der Waals surface area contributed by atoms with E-state index in [9.17, 15) is 9.59 Å². The highest BCUT2D eigenvalue weighted by molar-refractivity contribution is 8.00. The molecule has 0 aliphatic carbocycles. The van der Waals surface area contributed by atoms with E-state index in [2.05, 4.69) is 15.3 Å². The first-order valence-corrected chi connectivity index (χ1v) is 12.4. The van der Waals surface area contributed by atoms with Crippen LogP contribution in [0.15, 0.2) is 57.8 Å². The van der Waals surface area contributed by atoms with Gasteiger partial charge >= 0.3 is 0 Å². The number of thioether (sulfide) groups is 1. The molecule has 170 valence electrons. The third-order valence-electron chi connectivity index (χ3n) is 5.12. The van der Waals surface area contributed by atoms with E-state index >= 15 is 0 Å². The van der Waals surface area contributed by atoms with Crippen molar-refractivity contribution in [2.45, 2.75) is 30.7 Å². The Morgan fingerprint density at radius 3 is 2.73 bits per heavy atom. The van der Waals surface area contributed by atoms with Crippen LogP contribution in [0.5, 0.6) is 5.75 Å². The van der Waals surface area contributed by atoms with E-state index in [1.165, 1.54) is 30.2 Å². The summed E-state index contributed by atoms with van der Waals surface area (Å²) in [5.74, 6) is 0.292. The first-order chi connectivity index (χ1) is 15.9. The number of aryl methyl sites for hydroxylation is 1. The topological polar surface area (TPSA) is 84.1 Å². The minimum atomic E-state index is -0.467. The van der Waals surface area contributed by atoms with Crippen LogP contribution in [0.4, 0.5) is 5.69 Å². The minimum Gasteiger partial charge on any atom is -0.495 e. The van der Waals surface area contributed by atoms with Gasteiger partial charge in [-0.3, -0.25) is 9.59 Å². The molecule has 1 atom stereocenters. The highest BCUT2D eigenvalue weighted by Gasteiger charge is 2.22. The van der Waals surface area contributed by atoms with Crippen LogP contribution in [0.2, 0.25) is 5.02 Å². The van der Waals surface area contributed by atoms with Gasteiger partial charge in [0.15, 0.2) is 5.16 Å². The lowest BCUT2D eigenvalue weighted by Gasteiger charge is -2.16. The Hall–Kier alpha value is -2.81. The van der Waals surface area contributed by atoms with E-state index in [-0.39, 0.29) is 11.5 Å². The molecule has 33 heavy (non-hydrogen) atoms. The average molecular weight is 500 g/mol. The van der Waals surface area contributed by atoms with Gasteiger partial charge in [0.2, 0.25) is 5.91 Å². The number of halogens is 1. The SMILES string of the molecule is CCC(Sc1nc2scc(-c3ccc(C)cc3)c2c(=O)[nH]1)C(=O)Nc1cc(Cl)ccc1OC. The third kappa shape index (κ3) is 5.08. The van der Waals surface area contributed by atoms with Crippen molar-refractivity contribution in [3.8, 4) is 16.9 Å². The van der Waals surface area contributed by atoms with Gasteiger partial charge in [0.05, 0.1) is 23.4 Å². The zero-order valence-corrected chi connectivity index (χ0v) is 20.7.